The van der Waals surface area contributed by atoms with Crippen molar-refractivity contribution in [1.29, 1.82) is 0 Å². The lowest BCUT2D eigenvalue weighted by molar-refractivity contribution is -0.137. The summed E-state index contributed by atoms with van der Waals surface area (Å²) in [6, 6.07) is 5.26. The largest absolute Gasteiger partial charge is 0.342 e. The molecule has 0 aromatic heterocycles. The Morgan fingerprint density at radius 2 is 1.76 bits per heavy atom. The molecule has 1 aromatic rings. The number of hydrogen-bond acceptors (Lipinski definition) is 3. The minimum Gasteiger partial charge on any atom is -0.342 e. The van der Waals surface area contributed by atoms with E-state index >= 15 is 0 Å². The lowest BCUT2D eigenvalue weighted by Gasteiger charge is -2.33. The van der Waals surface area contributed by atoms with E-state index in [0.29, 0.717) is 50.1 Å². The van der Waals surface area contributed by atoms with E-state index in [2.05, 4.69) is 0 Å². The fourth-order valence-electron chi connectivity index (χ4n) is 3.88. The van der Waals surface area contributed by atoms with E-state index in [9.17, 15) is 17.6 Å². The summed E-state index contributed by atoms with van der Waals surface area (Å²) >= 11 is 0. The van der Waals surface area contributed by atoms with Gasteiger partial charge >= 0.3 is 0 Å². The molecule has 1 aliphatic carbocycles. The molecule has 1 amide bonds. The standard InChI is InChI=1S/C19H26FNO3S/c1-19(20)9-5-15(6-10-19)18(22)21-11-7-14-3-4-17(25(2,23)24)13-16(14)8-12-21/h3-4,13,15H,5-12H2,1-2H3. The second-order valence-electron chi connectivity index (χ2n) is 7.72. The van der Waals surface area contributed by atoms with Crippen molar-refractivity contribution < 1.29 is 17.6 Å². The first-order chi connectivity index (χ1) is 11.7. The topological polar surface area (TPSA) is 54.5 Å². The summed E-state index contributed by atoms with van der Waals surface area (Å²) < 4.78 is 37.4. The SMILES string of the molecule is CC1(F)CCC(C(=O)N2CCc3ccc(S(C)(=O)=O)cc3CC2)CC1. The Bertz CT molecular complexity index is 763. The minimum absolute atomic E-state index is 0.0726. The summed E-state index contributed by atoms with van der Waals surface area (Å²) in [7, 11) is -3.22. The number of hydrogen-bond donors (Lipinski definition) is 0. The van der Waals surface area contributed by atoms with Crippen LogP contribution in [0.4, 0.5) is 4.39 Å². The maximum absolute atomic E-state index is 14.0. The molecule has 0 spiro atoms. The zero-order chi connectivity index (χ0) is 18.2. The van der Waals surface area contributed by atoms with Gasteiger partial charge in [-0.05, 0) is 68.7 Å². The van der Waals surface area contributed by atoms with Crippen LogP contribution in [0, 0.1) is 5.92 Å². The Kier molecular flexibility index (Phi) is 4.93. The highest BCUT2D eigenvalue weighted by atomic mass is 32.2. The van der Waals surface area contributed by atoms with Crippen LogP contribution in [-0.2, 0) is 27.5 Å². The van der Waals surface area contributed by atoms with Gasteiger partial charge in [0.25, 0.3) is 0 Å². The summed E-state index contributed by atoms with van der Waals surface area (Å²) in [4.78, 5) is 15.0. The van der Waals surface area contributed by atoms with E-state index in [-0.39, 0.29) is 11.8 Å². The molecule has 0 N–H and O–H groups in total. The van der Waals surface area contributed by atoms with Crippen molar-refractivity contribution in [3.63, 3.8) is 0 Å². The van der Waals surface area contributed by atoms with Crippen molar-refractivity contribution in [2.75, 3.05) is 19.3 Å². The summed E-state index contributed by atoms with van der Waals surface area (Å²) in [6.45, 7) is 2.87. The highest BCUT2D eigenvalue weighted by molar-refractivity contribution is 7.90. The van der Waals surface area contributed by atoms with E-state index in [1.165, 1.54) is 6.26 Å². The summed E-state index contributed by atoms with van der Waals surface area (Å²) in [5.41, 5.74) is 0.995. The molecular formula is C19H26FNO3S. The van der Waals surface area contributed by atoms with Gasteiger partial charge in [0.2, 0.25) is 5.91 Å². The molecule has 6 heteroatoms. The van der Waals surface area contributed by atoms with Crippen molar-refractivity contribution >= 4 is 15.7 Å². The number of halogens is 1. The molecule has 2 aliphatic rings. The highest BCUT2D eigenvalue weighted by Crippen LogP contribution is 2.35. The van der Waals surface area contributed by atoms with Crippen LogP contribution in [0.5, 0.6) is 0 Å². The smallest absolute Gasteiger partial charge is 0.225 e. The van der Waals surface area contributed by atoms with Crippen LogP contribution in [0.25, 0.3) is 0 Å². The molecule has 1 aliphatic heterocycles. The van der Waals surface area contributed by atoms with Gasteiger partial charge in [0, 0.05) is 25.3 Å². The molecule has 1 aromatic carbocycles. The van der Waals surface area contributed by atoms with E-state index in [1.807, 2.05) is 11.0 Å². The summed E-state index contributed by atoms with van der Waals surface area (Å²) in [6.07, 6.45) is 4.75. The van der Waals surface area contributed by atoms with Crippen LogP contribution in [0.2, 0.25) is 0 Å². The summed E-state index contributed by atoms with van der Waals surface area (Å²) in [5.74, 6) is 0.0586. The van der Waals surface area contributed by atoms with Gasteiger partial charge in [-0.15, -0.1) is 0 Å². The number of carbonyl (C=O) groups excluding carboxylic acids is 1. The fraction of sp³-hybridized carbons (Fsp3) is 0.632. The molecule has 0 unspecified atom stereocenters. The Labute approximate surface area is 149 Å². The Morgan fingerprint density at radius 3 is 2.36 bits per heavy atom. The number of sulfone groups is 1. The molecule has 0 atom stereocenters. The minimum atomic E-state index is -3.22. The monoisotopic (exact) mass is 367 g/mol. The summed E-state index contributed by atoms with van der Waals surface area (Å²) in [5, 5.41) is 0. The van der Waals surface area contributed by atoms with Crippen LogP contribution in [0.15, 0.2) is 23.1 Å². The Morgan fingerprint density at radius 1 is 1.16 bits per heavy atom. The quantitative estimate of drug-likeness (QED) is 0.808. The van der Waals surface area contributed by atoms with Crippen LogP contribution >= 0.6 is 0 Å². The second kappa shape index (κ2) is 6.71. The third-order valence-electron chi connectivity index (χ3n) is 5.60. The predicted octanol–water partition coefficient (Wildman–Crippen LogP) is 2.94. The fourth-order valence-corrected chi connectivity index (χ4v) is 4.55. The van der Waals surface area contributed by atoms with E-state index in [0.717, 1.165) is 17.5 Å². The van der Waals surface area contributed by atoms with Gasteiger partial charge in [-0.25, -0.2) is 12.8 Å². The third-order valence-corrected chi connectivity index (χ3v) is 6.71. The third kappa shape index (κ3) is 4.22. The Hall–Kier alpha value is -1.43. The average Bonchev–Trinajstić information content (AvgIpc) is 2.75. The van der Waals surface area contributed by atoms with Crippen LogP contribution in [0.3, 0.4) is 0 Å². The first kappa shape index (κ1) is 18.4. The molecule has 0 bridgehead atoms. The molecule has 138 valence electrons. The zero-order valence-corrected chi connectivity index (χ0v) is 15.7. The molecule has 25 heavy (non-hydrogen) atoms. The normalized spacial score (nSPS) is 27.5. The average molecular weight is 367 g/mol. The first-order valence-corrected chi connectivity index (χ1v) is 10.8. The van der Waals surface area contributed by atoms with E-state index < -0.39 is 15.5 Å². The lowest BCUT2D eigenvalue weighted by Crippen LogP contribution is -2.40. The molecule has 0 saturated heterocycles. The number of rotatable bonds is 2. The number of amides is 1. The maximum Gasteiger partial charge on any atom is 0.225 e. The van der Waals surface area contributed by atoms with Crippen molar-refractivity contribution in [1.82, 2.24) is 4.90 Å². The van der Waals surface area contributed by atoms with Gasteiger partial charge in [-0.2, -0.15) is 0 Å². The molecule has 1 fully saturated rings. The molecule has 0 radical (unpaired) electrons. The van der Waals surface area contributed by atoms with Crippen molar-refractivity contribution in [2.24, 2.45) is 5.92 Å². The molecular weight excluding hydrogens is 341 g/mol. The van der Waals surface area contributed by atoms with Crippen molar-refractivity contribution in [2.45, 2.75) is 56.0 Å². The lowest BCUT2D eigenvalue weighted by atomic mass is 9.80. The van der Waals surface area contributed by atoms with E-state index in [1.54, 1.807) is 19.1 Å². The van der Waals surface area contributed by atoms with Crippen molar-refractivity contribution in [3.8, 4) is 0 Å². The highest BCUT2D eigenvalue weighted by Gasteiger charge is 2.35. The van der Waals surface area contributed by atoms with Crippen LogP contribution in [0.1, 0.15) is 43.7 Å². The zero-order valence-electron chi connectivity index (χ0n) is 14.9. The van der Waals surface area contributed by atoms with Crippen LogP contribution < -0.4 is 0 Å². The van der Waals surface area contributed by atoms with E-state index in [4.69, 9.17) is 0 Å². The molecule has 1 saturated carbocycles. The first-order valence-electron chi connectivity index (χ1n) is 8.95. The second-order valence-corrected chi connectivity index (χ2v) is 9.73. The predicted molar refractivity (Wildman–Crippen MR) is 95.0 cm³/mol. The molecule has 1 heterocycles. The Balaban J connectivity index is 1.69. The van der Waals surface area contributed by atoms with Gasteiger partial charge in [-0.1, -0.05) is 6.07 Å². The van der Waals surface area contributed by atoms with Gasteiger partial charge in [0.1, 0.15) is 5.67 Å². The van der Waals surface area contributed by atoms with Gasteiger partial charge < -0.3 is 4.90 Å². The number of nitrogens with zero attached hydrogens (tertiary/aromatic N) is 1. The maximum atomic E-state index is 14.0. The van der Waals surface area contributed by atoms with Gasteiger partial charge in [-0.3, -0.25) is 4.79 Å². The number of benzene rings is 1. The van der Waals surface area contributed by atoms with Gasteiger partial charge in [0.15, 0.2) is 9.84 Å². The number of fused-ring (bicyclic) bond motifs is 1. The van der Waals surface area contributed by atoms with Crippen LogP contribution in [-0.4, -0.2) is 44.2 Å². The van der Waals surface area contributed by atoms with Crippen molar-refractivity contribution in [3.05, 3.63) is 29.3 Å². The molecule has 3 rings (SSSR count). The molecule has 4 nitrogen and oxygen atoms in total. The number of alkyl halides is 1. The van der Waals surface area contributed by atoms with Gasteiger partial charge in [0.05, 0.1) is 4.90 Å². The number of carbonyl (C=O) groups is 1.